The van der Waals surface area contributed by atoms with Crippen molar-refractivity contribution in [1.29, 1.82) is 0 Å². The Morgan fingerprint density at radius 3 is 2.38 bits per heavy atom. The first-order valence-corrected chi connectivity index (χ1v) is 5.04. The van der Waals surface area contributed by atoms with E-state index in [9.17, 15) is 9.18 Å². The summed E-state index contributed by atoms with van der Waals surface area (Å²) in [5.41, 5.74) is 7.60. The molecule has 1 atom stereocenters. The molecular formula is C12H16FNO2. The quantitative estimate of drug-likeness (QED) is 0.793. The standard InChI is InChI=1S/C12H16FNO2/c1-7-4-9(5-8(2)11(7)13)6-10(14)12(15)16-3/h4-5,10H,6,14H2,1-3H3. The van der Waals surface area contributed by atoms with Crippen LogP contribution in [0.25, 0.3) is 0 Å². The second-order valence-corrected chi connectivity index (χ2v) is 3.88. The fraction of sp³-hybridized carbons (Fsp3) is 0.417. The predicted octanol–water partition coefficient (Wildman–Crippen LogP) is 1.49. The van der Waals surface area contributed by atoms with Crippen LogP contribution in [0.3, 0.4) is 0 Å². The Kier molecular flexibility index (Phi) is 4.01. The summed E-state index contributed by atoms with van der Waals surface area (Å²) in [6.45, 7) is 3.38. The maximum Gasteiger partial charge on any atom is 0.322 e. The van der Waals surface area contributed by atoms with Gasteiger partial charge in [0, 0.05) is 0 Å². The van der Waals surface area contributed by atoms with Crippen LogP contribution in [0.15, 0.2) is 12.1 Å². The molecule has 1 rings (SSSR count). The fourth-order valence-corrected chi connectivity index (χ4v) is 1.64. The normalized spacial score (nSPS) is 12.3. The van der Waals surface area contributed by atoms with E-state index in [4.69, 9.17) is 5.73 Å². The smallest absolute Gasteiger partial charge is 0.322 e. The molecule has 0 spiro atoms. The molecule has 1 unspecified atom stereocenters. The molecule has 4 heteroatoms. The third-order valence-corrected chi connectivity index (χ3v) is 2.46. The molecule has 0 bridgehead atoms. The molecule has 0 aromatic heterocycles. The van der Waals surface area contributed by atoms with Gasteiger partial charge in [-0.1, -0.05) is 12.1 Å². The highest BCUT2D eigenvalue weighted by atomic mass is 19.1. The number of hydrogen-bond donors (Lipinski definition) is 1. The van der Waals surface area contributed by atoms with Crippen molar-refractivity contribution in [2.45, 2.75) is 26.3 Å². The fourth-order valence-electron chi connectivity index (χ4n) is 1.64. The highest BCUT2D eigenvalue weighted by molar-refractivity contribution is 5.75. The number of ether oxygens (including phenoxy) is 1. The van der Waals surface area contributed by atoms with E-state index in [2.05, 4.69) is 4.74 Å². The van der Waals surface area contributed by atoms with Crippen molar-refractivity contribution in [3.05, 3.63) is 34.6 Å². The first kappa shape index (κ1) is 12.6. The van der Waals surface area contributed by atoms with Gasteiger partial charge in [-0.2, -0.15) is 0 Å². The van der Waals surface area contributed by atoms with Crippen molar-refractivity contribution >= 4 is 5.97 Å². The molecule has 1 aromatic rings. The minimum atomic E-state index is -0.700. The van der Waals surface area contributed by atoms with Crippen molar-refractivity contribution in [3.63, 3.8) is 0 Å². The molecule has 0 radical (unpaired) electrons. The van der Waals surface area contributed by atoms with Crippen LogP contribution in [-0.2, 0) is 16.0 Å². The van der Waals surface area contributed by atoms with Crippen molar-refractivity contribution in [1.82, 2.24) is 0 Å². The van der Waals surface area contributed by atoms with Gasteiger partial charge in [0.25, 0.3) is 0 Å². The molecule has 16 heavy (non-hydrogen) atoms. The Hall–Kier alpha value is -1.42. The molecule has 0 aliphatic heterocycles. The molecule has 0 aliphatic carbocycles. The summed E-state index contributed by atoms with van der Waals surface area (Å²) >= 11 is 0. The first-order chi connectivity index (χ1) is 7.45. The van der Waals surface area contributed by atoms with Crippen LogP contribution in [-0.4, -0.2) is 19.1 Å². The Labute approximate surface area is 94.4 Å². The predicted molar refractivity (Wildman–Crippen MR) is 59.6 cm³/mol. The maximum atomic E-state index is 13.4. The van der Waals surface area contributed by atoms with E-state index in [-0.39, 0.29) is 5.82 Å². The number of halogens is 1. The molecule has 0 amide bonds. The minimum Gasteiger partial charge on any atom is -0.468 e. The van der Waals surface area contributed by atoms with Crippen LogP contribution in [0.1, 0.15) is 16.7 Å². The number of esters is 1. The number of aryl methyl sites for hydroxylation is 2. The lowest BCUT2D eigenvalue weighted by atomic mass is 10.0. The van der Waals surface area contributed by atoms with Crippen LogP contribution in [0, 0.1) is 19.7 Å². The van der Waals surface area contributed by atoms with Gasteiger partial charge in [0.1, 0.15) is 11.9 Å². The maximum absolute atomic E-state index is 13.4. The molecule has 0 aliphatic rings. The van der Waals surface area contributed by atoms with Gasteiger partial charge in [0.05, 0.1) is 7.11 Å². The van der Waals surface area contributed by atoms with Crippen molar-refractivity contribution in [3.8, 4) is 0 Å². The zero-order valence-electron chi connectivity index (χ0n) is 9.71. The molecule has 3 nitrogen and oxygen atoms in total. The molecule has 1 aromatic carbocycles. The second kappa shape index (κ2) is 5.07. The second-order valence-electron chi connectivity index (χ2n) is 3.88. The number of methoxy groups -OCH3 is 1. The molecule has 2 N–H and O–H groups in total. The average molecular weight is 225 g/mol. The third kappa shape index (κ3) is 2.79. The van der Waals surface area contributed by atoms with E-state index in [1.807, 2.05) is 0 Å². The average Bonchev–Trinajstić information content (AvgIpc) is 2.24. The Bertz CT molecular complexity index is 381. The van der Waals surface area contributed by atoms with Gasteiger partial charge >= 0.3 is 5.97 Å². The van der Waals surface area contributed by atoms with Gasteiger partial charge in [-0.05, 0) is 37.0 Å². The number of nitrogens with two attached hydrogens (primary N) is 1. The van der Waals surface area contributed by atoms with Gasteiger partial charge < -0.3 is 10.5 Å². The van der Waals surface area contributed by atoms with Crippen LogP contribution < -0.4 is 5.73 Å². The highest BCUT2D eigenvalue weighted by Gasteiger charge is 2.15. The highest BCUT2D eigenvalue weighted by Crippen LogP contribution is 2.15. The van der Waals surface area contributed by atoms with Crippen LogP contribution in [0.2, 0.25) is 0 Å². The summed E-state index contributed by atoms with van der Waals surface area (Å²) in [5.74, 6) is -0.671. The number of rotatable bonds is 3. The number of hydrogen-bond acceptors (Lipinski definition) is 3. The lowest BCUT2D eigenvalue weighted by molar-refractivity contribution is -0.142. The molecule has 0 saturated carbocycles. The van der Waals surface area contributed by atoms with Gasteiger partial charge in [0.15, 0.2) is 0 Å². The van der Waals surface area contributed by atoms with Gasteiger partial charge in [-0.15, -0.1) is 0 Å². The zero-order chi connectivity index (χ0) is 12.3. The van der Waals surface area contributed by atoms with E-state index in [1.54, 1.807) is 26.0 Å². The van der Waals surface area contributed by atoms with Gasteiger partial charge in [-0.3, -0.25) is 4.79 Å². The zero-order valence-corrected chi connectivity index (χ0v) is 9.71. The lowest BCUT2D eigenvalue weighted by Crippen LogP contribution is -2.33. The Morgan fingerprint density at radius 1 is 1.44 bits per heavy atom. The Balaban J connectivity index is 2.86. The summed E-state index contributed by atoms with van der Waals surface area (Å²) in [5, 5.41) is 0. The summed E-state index contributed by atoms with van der Waals surface area (Å²) in [7, 11) is 1.29. The summed E-state index contributed by atoms with van der Waals surface area (Å²) in [6, 6.07) is 2.70. The summed E-state index contributed by atoms with van der Waals surface area (Å²) in [6.07, 6.45) is 0.356. The van der Waals surface area contributed by atoms with Crippen molar-refractivity contribution in [2.75, 3.05) is 7.11 Å². The van der Waals surface area contributed by atoms with Crippen molar-refractivity contribution in [2.24, 2.45) is 5.73 Å². The van der Waals surface area contributed by atoms with Crippen LogP contribution >= 0.6 is 0 Å². The van der Waals surface area contributed by atoms with E-state index in [1.165, 1.54) is 7.11 Å². The topological polar surface area (TPSA) is 52.3 Å². The molecule has 0 saturated heterocycles. The van der Waals surface area contributed by atoms with Gasteiger partial charge in [-0.25, -0.2) is 4.39 Å². The molecule has 0 heterocycles. The summed E-state index contributed by atoms with van der Waals surface area (Å²) in [4.78, 5) is 11.1. The number of carbonyl (C=O) groups excluding carboxylic acids is 1. The molecule has 88 valence electrons. The molecule has 0 fully saturated rings. The van der Waals surface area contributed by atoms with E-state index in [0.29, 0.717) is 17.5 Å². The van der Waals surface area contributed by atoms with E-state index >= 15 is 0 Å². The first-order valence-electron chi connectivity index (χ1n) is 5.04. The van der Waals surface area contributed by atoms with Crippen molar-refractivity contribution < 1.29 is 13.9 Å². The van der Waals surface area contributed by atoms with E-state index in [0.717, 1.165) is 5.56 Å². The lowest BCUT2D eigenvalue weighted by Gasteiger charge is -2.11. The monoisotopic (exact) mass is 225 g/mol. The minimum absolute atomic E-state index is 0.213. The van der Waals surface area contributed by atoms with Gasteiger partial charge in [0.2, 0.25) is 0 Å². The molecular weight excluding hydrogens is 209 g/mol. The Morgan fingerprint density at radius 2 is 1.94 bits per heavy atom. The van der Waals surface area contributed by atoms with Crippen LogP contribution in [0.4, 0.5) is 4.39 Å². The van der Waals surface area contributed by atoms with E-state index < -0.39 is 12.0 Å². The number of benzene rings is 1. The largest absolute Gasteiger partial charge is 0.468 e. The third-order valence-electron chi connectivity index (χ3n) is 2.46. The SMILES string of the molecule is COC(=O)C(N)Cc1cc(C)c(F)c(C)c1. The van der Waals surface area contributed by atoms with Crippen LogP contribution in [0.5, 0.6) is 0 Å². The summed E-state index contributed by atoms with van der Waals surface area (Å²) < 4.78 is 17.9. The number of carbonyl (C=O) groups is 1.